The van der Waals surface area contributed by atoms with Crippen molar-refractivity contribution in [3.8, 4) is 0 Å². The van der Waals surface area contributed by atoms with Gasteiger partial charge in [-0.1, -0.05) is 48.5 Å². The van der Waals surface area contributed by atoms with Gasteiger partial charge < -0.3 is 20.5 Å². The quantitative estimate of drug-likeness (QED) is 0.548. The molecule has 0 saturated carbocycles. The Morgan fingerprint density at radius 1 is 0.955 bits per heavy atom. The number of hydrogen-bond donors (Lipinski definition) is 3. The monoisotopic (exact) mass is 316 g/mol. The summed E-state index contributed by atoms with van der Waals surface area (Å²) in [4.78, 5) is 0. The summed E-state index contributed by atoms with van der Waals surface area (Å²) in [6, 6.07) is 0.269. The Morgan fingerprint density at radius 2 is 1.50 bits per heavy atom. The molecule has 4 heteroatoms. The molecule has 22 heavy (non-hydrogen) atoms. The third-order valence-electron chi connectivity index (χ3n) is 3.80. The fourth-order valence-corrected chi connectivity index (χ4v) is 2.06. The number of nitrogens with one attached hydrogen (secondary N) is 2. The van der Waals surface area contributed by atoms with Crippen LogP contribution in [0.15, 0.2) is 0 Å². The minimum Gasteiger partial charge on any atom is -0.393 e. The van der Waals surface area contributed by atoms with E-state index in [0.717, 1.165) is 13.1 Å². The summed E-state index contributed by atoms with van der Waals surface area (Å²) in [6.07, 6.45) is 0. The Balaban J connectivity index is 4.50. The summed E-state index contributed by atoms with van der Waals surface area (Å²) in [5, 5.41) is 16.7. The maximum Gasteiger partial charge on any atom is 0.101 e. The Bertz CT molecular complexity index is 287. The van der Waals surface area contributed by atoms with Crippen LogP contribution < -0.4 is 10.6 Å². The van der Waals surface area contributed by atoms with Crippen molar-refractivity contribution in [1.82, 2.24) is 10.6 Å². The SMILES string of the molecule is CC(C)CNCC(C)(CO)OC[C@H](NCC(C)C)C(C)(C)C. The number of aliphatic hydroxyl groups excluding tert-OH is 1. The topological polar surface area (TPSA) is 53.5 Å². The first-order chi connectivity index (χ1) is 10.00. The maximum atomic E-state index is 9.70. The van der Waals surface area contributed by atoms with Crippen LogP contribution in [0.25, 0.3) is 0 Å². The van der Waals surface area contributed by atoms with Gasteiger partial charge in [0.1, 0.15) is 5.60 Å². The maximum absolute atomic E-state index is 9.70. The van der Waals surface area contributed by atoms with E-state index < -0.39 is 5.60 Å². The summed E-state index contributed by atoms with van der Waals surface area (Å²) < 4.78 is 6.11. The van der Waals surface area contributed by atoms with Crippen molar-refractivity contribution in [2.24, 2.45) is 17.3 Å². The van der Waals surface area contributed by atoms with Gasteiger partial charge in [0.15, 0.2) is 0 Å². The number of hydrogen-bond acceptors (Lipinski definition) is 4. The molecule has 0 aromatic rings. The van der Waals surface area contributed by atoms with Crippen LogP contribution in [0.3, 0.4) is 0 Å². The molecule has 2 atom stereocenters. The van der Waals surface area contributed by atoms with Crippen LogP contribution in [-0.2, 0) is 4.74 Å². The van der Waals surface area contributed by atoms with E-state index in [4.69, 9.17) is 4.74 Å². The van der Waals surface area contributed by atoms with Crippen LogP contribution in [0.2, 0.25) is 0 Å². The van der Waals surface area contributed by atoms with Gasteiger partial charge in [-0.3, -0.25) is 0 Å². The van der Waals surface area contributed by atoms with Crippen LogP contribution in [0.1, 0.15) is 55.4 Å². The summed E-state index contributed by atoms with van der Waals surface area (Å²) in [7, 11) is 0. The molecule has 4 nitrogen and oxygen atoms in total. The smallest absolute Gasteiger partial charge is 0.101 e. The van der Waals surface area contributed by atoms with E-state index in [9.17, 15) is 5.11 Å². The van der Waals surface area contributed by atoms with E-state index in [0.29, 0.717) is 25.0 Å². The molecule has 0 rings (SSSR count). The first kappa shape index (κ1) is 21.8. The van der Waals surface area contributed by atoms with Crippen LogP contribution >= 0.6 is 0 Å². The van der Waals surface area contributed by atoms with E-state index in [1.807, 2.05) is 6.92 Å². The normalized spacial score (nSPS) is 17.0. The Labute approximate surface area is 138 Å². The molecule has 0 aromatic heterocycles. The van der Waals surface area contributed by atoms with Crippen molar-refractivity contribution < 1.29 is 9.84 Å². The zero-order valence-corrected chi connectivity index (χ0v) is 16.1. The molecule has 134 valence electrons. The lowest BCUT2D eigenvalue weighted by molar-refractivity contribution is -0.0813. The van der Waals surface area contributed by atoms with Gasteiger partial charge in [0.25, 0.3) is 0 Å². The molecule has 0 aliphatic rings. The first-order valence-electron chi connectivity index (χ1n) is 8.69. The molecule has 3 N–H and O–H groups in total. The Hall–Kier alpha value is -0.160. The van der Waals surface area contributed by atoms with E-state index in [-0.39, 0.29) is 18.1 Å². The van der Waals surface area contributed by atoms with Gasteiger partial charge in [-0.05, 0) is 37.3 Å². The fourth-order valence-electron chi connectivity index (χ4n) is 2.06. The molecule has 0 fully saturated rings. The third kappa shape index (κ3) is 9.78. The highest BCUT2D eigenvalue weighted by Gasteiger charge is 2.30. The van der Waals surface area contributed by atoms with Crippen molar-refractivity contribution >= 4 is 0 Å². The molecule has 0 amide bonds. The van der Waals surface area contributed by atoms with Gasteiger partial charge in [-0.25, -0.2) is 0 Å². The van der Waals surface area contributed by atoms with Crippen molar-refractivity contribution in [2.45, 2.75) is 67.0 Å². The molecular formula is C18H40N2O2. The van der Waals surface area contributed by atoms with Gasteiger partial charge >= 0.3 is 0 Å². The lowest BCUT2D eigenvalue weighted by Crippen LogP contribution is -2.50. The lowest BCUT2D eigenvalue weighted by Gasteiger charge is -2.36. The third-order valence-corrected chi connectivity index (χ3v) is 3.80. The predicted octanol–water partition coefficient (Wildman–Crippen LogP) is 2.66. The Morgan fingerprint density at radius 3 is 1.91 bits per heavy atom. The second-order valence-electron chi connectivity index (χ2n) is 8.66. The van der Waals surface area contributed by atoms with E-state index >= 15 is 0 Å². The van der Waals surface area contributed by atoms with Gasteiger partial charge in [-0.2, -0.15) is 0 Å². The second kappa shape index (κ2) is 9.86. The van der Waals surface area contributed by atoms with Gasteiger partial charge in [0.05, 0.1) is 13.2 Å². The number of aliphatic hydroxyl groups is 1. The van der Waals surface area contributed by atoms with Gasteiger partial charge in [0.2, 0.25) is 0 Å². The lowest BCUT2D eigenvalue weighted by atomic mass is 9.87. The molecule has 0 aromatic carbocycles. The zero-order valence-electron chi connectivity index (χ0n) is 16.1. The molecule has 0 aliphatic carbocycles. The van der Waals surface area contributed by atoms with Crippen LogP contribution in [0.4, 0.5) is 0 Å². The molecule has 0 saturated heterocycles. The standard InChI is InChI=1S/C18H40N2O2/c1-14(2)9-19-12-18(8,13-21)22-11-16(17(5,6)7)20-10-15(3)4/h14-16,19-21H,9-13H2,1-8H3/t16-,18?/m0/s1. The Kier molecular flexibility index (Phi) is 9.79. The van der Waals surface area contributed by atoms with E-state index in [2.05, 4.69) is 59.1 Å². The second-order valence-corrected chi connectivity index (χ2v) is 8.66. The summed E-state index contributed by atoms with van der Waals surface area (Å²) in [5.74, 6) is 1.21. The molecule has 0 bridgehead atoms. The molecule has 0 spiro atoms. The van der Waals surface area contributed by atoms with Gasteiger partial charge in [-0.15, -0.1) is 0 Å². The predicted molar refractivity (Wildman–Crippen MR) is 95.2 cm³/mol. The summed E-state index contributed by atoms with van der Waals surface area (Å²) >= 11 is 0. The summed E-state index contributed by atoms with van der Waals surface area (Å²) in [5.41, 5.74) is -0.408. The summed E-state index contributed by atoms with van der Waals surface area (Å²) in [6.45, 7) is 20.6. The molecule has 0 heterocycles. The highest BCUT2D eigenvalue weighted by Crippen LogP contribution is 2.21. The van der Waals surface area contributed by atoms with E-state index in [1.165, 1.54) is 0 Å². The van der Waals surface area contributed by atoms with Crippen LogP contribution in [-0.4, -0.2) is 49.6 Å². The highest BCUT2D eigenvalue weighted by molar-refractivity contribution is 4.84. The molecule has 0 radical (unpaired) electrons. The fraction of sp³-hybridized carbons (Fsp3) is 1.00. The number of ether oxygens (including phenoxy) is 1. The average Bonchev–Trinajstić information content (AvgIpc) is 2.36. The van der Waals surface area contributed by atoms with Crippen molar-refractivity contribution in [3.63, 3.8) is 0 Å². The van der Waals surface area contributed by atoms with E-state index in [1.54, 1.807) is 0 Å². The minimum absolute atomic E-state index is 0.0269. The minimum atomic E-state index is -0.530. The van der Waals surface area contributed by atoms with Crippen molar-refractivity contribution in [2.75, 3.05) is 32.8 Å². The zero-order chi connectivity index (χ0) is 17.4. The molecule has 0 aliphatic heterocycles. The van der Waals surface area contributed by atoms with Crippen molar-refractivity contribution in [3.05, 3.63) is 0 Å². The average molecular weight is 317 g/mol. The largest absolute Gasteiger partial charge is 0.393 e. The van der Waals surface area contributed by atoms with Crippen molar-refractivity contribution in [1.29, 1.82) is 0 Å². The molecule has 1 unspecified atom stereocenters. The van der Waals surface area contributed by atoms with Crippen LogP contribution in [0, 0.1) is 17.3 Å². The van der Waals surface area contributed by atoms with Crippen LogP contribution in [0.5, 0.6) is 0 Å². The van der Waals surface area contributed by atoms with Gasteiger partial charge in [0, 0.05) is 12.6 Å². The first-order valence-corrected chi connectivity index (χ1v) is 8.69. The highest BCUT2D eigenvalue weighted by atomic mass is 16.5. The molecular weight excluding hydrogens is 276 g/mol. The number of rotatable bonds is 11.